The minimum atomic E-state index is -0.0521. The Morgan fingerprint density at radius 1 is 1.41 bits per heavy atom. The minimum Gasteiger partial charge on any atom is -0.471 e. The van der Waals surface area contributed by atoms with Crippen LogP contribution < -0.4 is 21.2 Å². The van der Waals surface area contributed by atoms with Crippen LogP contribution in [0.2, 0.25) is 0 Å². The van der Waals surface area contributed by atoms with Gasteiger partial charge in [-0.1, -0.05) is 17.1 Å². The van der Waals surface area contributed by atoms with Crippen molar-refractivity contribution in [1.29, 1.82) is 0 Å². The lowest BCUT2D eigenvalue weighted by atomic mass is 10.1. The zero-order valence-electron chi connectivity index (χ0n) is 9.69. The van der Waals surface area contributed by atoms with Gasteiger partial charge in [-0.2, -0.15) is 0 Å². The average molecular weight is 232 g/mol. The standard InChI is InChI=1S/C11H13N5O/c1-6-4-3-5-7-8(6)14-11(16-10(12)13)15-9(7)17-2/h3-5H,1-2H3,(H4,12,13,14,15,16)/p+1. The maximum atomic E-state index is 5.33. The molecule has 2 rings (SSSR count). The second kappa shape index (κ2) is 4.25. The molecule has 0 saturated carbocycles. The van der Waals surface area contributed by atoms with Crippen molar-refractivity contribution in [2.45, 2.75) is 6.92 Å². The molecule has 0 atom stereocenters. The lowest BCUT2D eigenvalue weighted by Gasteiger charge is -2.02. The van der Waals surface area contributed by atoms with E-state index < -0.39 is 0 Å². The van der Waals surface area contributed by atoms with Crippen LogP contribution in [0.25, 0.3) is 10.9 Å². The molecule has 6 nitrogen and oxygen atoms in total. The van der Waals surface area contributed by atoms with E-state index in [-0.39, 0.29) is 5.96 Å². The fourth-order valence-corrected chi connectivity index (χ4v) is 1.63. The van der Waals surface area contributed by atoms with Crippen LogP contribution in [-0.4, -0.2) is 18.1 Å². The third kappa shape index (κ3) is 2.10. The highest BCUT2D eigenvalue weighted by Gasteiger charge is 2.15. The van der Waals surface area contributed by atoms with Crippen LogP contribution in [0.1, 0.15) is 5.56 Å². The van der Waals surface area contributed by atoms with Crippen molar-refractivity contribution in [2.24, 2.45) is 16.5 Å². The Labute approximate surface area is 98.3 Å². The van der Waals surface area contributed by atoms with E-state index in [9.17, 15) is 0 Å². The predicted molar refractivity (Wildman–Crippen MR) is 65.1 cm³/mol. The quantitative estimate of drug-likeness (QED) is 0.573. The predicted octanol–water partition coefficient (Wildman–Crippen LogP) is 0.271. The highest BCUT2D eigenvalue weighted by Crippen LogP contribution is 2.23. The molecular formula is C11H14N5O+. The number of hydrogen-bond acceptors (Lipinski definition) is 3. The Morgan fingerprint density at radius 2 is 2.18 bits per heavy atom. The first-order valence-electron chi connectivity index (χ1n) is 5.08. The highest BCUT2D eigenvalue weighted by atomic mass is 16.5. The van der Waals surface area contributed by atoms with E-state index in [0.29, 0.717) is 11.8 Å². The molecule has 6 heteroatoms. The molecule has 1 heterocycles. The Kier molecular flexibility index (Phi) is 2.78. The molecular weight excluding hydrogens is 218 g/mol. The van der Waals surface area contributed by atoms with E-state index >= 15 is 0 Å². The molecule has 0 radical (unpaired) electrons. The van der Waals surface area contributed by atoms with Gasteiger partial charge in [0.15, 0.2) is 5.52 Å². The van der Waals surface area contributed by atoms with Gasteiger partial charge in [-0.3, -0.25) is 0 Å². The molecule has 0 aliphatic heterocycles. The summed E-state index contributed by atoms with van der Waals surface area (Å²) in [6.07, 6.45) is 0. The number of nitrogens with two attached hydrogens (primary N) is 2. The number of nitrogens with one attached hydrogen (secondary N) is 1. The number of hydrogen-bond donors (Lipinski definition) is 2. The number of nitrogens with zero attached hydrogens (tertiary/aromatic N) is 2. The van der Waals surface area contributed by atoms with E-state index in [1.807, 2.05) is 25.1 Å². The number of aryl methyl sites for hydroxylation is 1. The van der Waals surface area contributed by atoms with Crippen molar-refractivity contribution in [3.63, 3.8) is 0 Å². The zero-order valence-corrected chi connectivity index (χ0v) is 9.69. The topological polar surface area (TPSA) is 101 Å². The smallest absolute Gasteiger partial charge is 0.437 e. The SMILES string of the molecule is COc1[nH+]c(N=C(N)N)nc2c(C)cccc12. The number of para-hydroxylation sites is 1. The maximum absolute atomic E-state index is 5.33. The molecule has 0 bridgehead atoms. The molecule has 5 N–H and O–H groups in total. The molecule has 2 aromatic rings. The van der Waals surface area contributed by atoms with Crippen molar-refractivity contribution in [3.8, 4) is 5.88 Å². The minimum absolute atomic E-state index is 0.0521. The number of aromatic nitrogens is 2. The summed E-state index contributed by atoms with van der Waals surface area (Å²) in [5, 5.41) is 0.891. The van der Waals surface area contributed by atoms with Crippen molar-refractivity contribution < 1.29 is 9.72 Å². The second-order valence-electron chi connectivity index (χ2n) is 3.60. The van der Waals surface area contributed by atoms with E-state index in [4.69, 9.17) is 16.2 Å². The fraction of sp³-hybridized carbons (Fsp3) is 0.182. The summed E-state index contributed by atoms with van der Waals surface area (Å²) >= 11 is 0. The average Bonchev–Trinajstić information content (AvgIpc) is 2.28. The molecule has 0 unspecified atom stereocenters. The van der Waals surface area contributed by atoms with Crippen LogP contribution in [0.15, 0.2) is 23.2 Å². The van der Waals surface area contributed by atoms with Crippen LogP contribution >= 0.6 is 0 Å². The number of rotatable bonds is 2. The summed E-state index contributed by atoms with van der Waals surface area (Å²) in [6, 6.07) is 5.83. The monoisotopic (exact) mass is 232 g/mol. The van der Waals surface area contributed by atoms with Gasteiger partial charge in [-0.05, 0) is 23.5 Å². The van der Waals surface area contributed by atoms with Crippen molar-refractivity contribution in [3.05, 3.63) is 23.8 Å². The summed E-state index contributed by atoms with van der Waals surface area (Å²) < 4.78 is 5.26. The number of ether oxygens (including phenoxy) is 1. The fourth-order valence-electron chi connectivity index (χ4n) is 1.63. The van der Waals surface area contributed by atoms with E-state index in [1.54, 1.807) is 7.11 Å². The first-order valence-corrected chi connectivity index (χ1v) is 5.08. The van der Waals surface area contributed by atoms with Gasteiger partial charge in [0, 0.05) is 0 Å². The highest BCUT2D eigenvalue weighted by molar-refractivity contribution is 5.86. The number of guanidine groups is 1. The summed E-state index contributed by atoms with van der Waals surface area (Å²) in [6.45, 7) is 1.97. The van der Waals surface area contributed by atoms with Gasteiger partial charge in [0.05, 0.1) is 12.5 Å². The third-order valence-electron chi connectivity index (χ3n) is 2.36. The van der Waals surface area contributed by atoms with Crippen molar-refractivity contribution in [1.82, 2.24) is 4.98 Å². The number of methoxy groups -OCH3 is 1. The van der Waals surface area contributed by atoms with Crippen LogP contribution in [-0.2, 0) is 0 Å². The first kappa shape index (κ1) is 11.1. The third-order valence-corrected chi connectivity index (χ3v) is 2.36. The van der Waals surface area contributed by atoms with Gasteiger partial charge in [-0.15, -0.1) is 0 Å². The molecule has 1 aromatic heterocycles. The van der Waals surface area contributed by atoms with Crippen LogP contribution in [0.3, 0.4) is 0 Å². The zero-order chi connectivity index (χ0) is 12.4. The Bertz CT molecular complexity index is 590. The van der Waals surface area contributed by atoms with Crippen molar-refractivity contribution >= 4 is 22.8 Å². The summed E-state index contributed by atoms with van der Waals surface area (Å²) in [5.41, 5.74) is 12.5. The van der Waals surface area contributed by atoms with Gasteiger partial charge in [0.25, 0.3) is 11.8 Å². The molecule has 0 fully saturated rings. The largest absolute Gasteiger partial charge is 0.471 e. The van der Waals surface area contributed by atoms with E-state index in [2.05, 4.69) is 15.0 Å². The molecule has 0 aliphatic rings. The van der Waals surface area contributed by atoms with E-state index in [1.165, 1.54) is 0 Å². The van der Waals surface area contributed by atoms with Gasteiger partial charge >= 0.3 is 5.95 Å². The number of benzene rings is 1. The first-order chi connectivity index (χ1) is 8.11. The molecule has 0 amide bonds. The molecule has 0 saturated heterocycles. The molecule has 88 valence electrons. The van der Waals surface area contributed by atoms with E-state index in [0.717, 1.165) is 16.5 Å². The number of fused-ring (bicyclic) bond motifs is 1. The van der Waals surface area contributed by atoms with Crippen LogP contribution in [0.5, 0.6) is 5.88 Å². The molecule has 0 spiro atoms. The van der Waals surface area contributed by atoms with Crippen LogP contribution in [0.4, 0.5) is 5.95 Å². The lowest BCUT2D eigenvalue weighted by molar-refractivity contribution is -0.379. The molecule has 1 aromatic carbocycles. The summed E-state index contributed by atoms with van der Waals surface area (Å²) in [5.74, 6) is 0.853. The normalized spacial score (nSPS) is 10.2. The van der Waals surface area contributed by atoms with Crippen LogP contribution in [0, 0.1) is 6.92 Å². The number of aromatic amines is 1. The van der Waals surface area contributed by atoms with Gasteiger partial charge in [-0.25, -0.2) is 4.98 Å². The molecule has 17 heavy (non-hydrogen) atoms. The second-order valence-corrected chi connectivity index (χ2v) is 3.60. The maximum Gasteiger partial charge on any atom is 0.437 e. The summed E-state index contributed by atoms with van der Waals surface area (Å²) in [4.78, 5) is 11.1. The number of aliphatic imine (C=N–C) groups is 1. The number of H-pyrrole nitrogens is 1. The van der Waals surface area contributed by atoms with Gasteiger partial charge in [0.1, 0.15) is 0 Å². The van der Waals surface area contributed by atoms with Crippen molar-refractivity contribution in [2.75, 3.05) is 7.11 Å². The lowest BCUT2D eigenvalue weighted by Crippen LogP contribution is -2.23. The Balaban J connectivity index is 2.76. The van der Waals surface area contributed by atoms with Gasteiger partial charge < -0.3 is 16.2 Å². The van der Waals surface area contributed by atoms with Gasteiger partial charge in [0.2, 0.25) is 0 Å². The Morgan fingerprint density at radius 3 is 2.82 bits per heavy atom. The molecule has 0 aliphatic carbocycles. The summed E-state index contributed by atoms with van der Waals surface area (Å²) in [7, 11) is 1.58. The Hall–Kier alpha value is -2.37.